The van der Waals surface area contributed by atoms with Crippen molar-refractivity contribution in [3.63, 3.8) is 0 Å². The molecule has 0 amide bonds. The number of hydrogen-bond donors (Lipinski definition) is 0. The Morgan fingerprint density at radius 2 is 1.75 bits per heavy atom. The molecule has 0 unspecified atom stereocenters. The van der Waals surface area contributed by atoms with E-state index in [4.69, 9.17) is 11.1 Å². The second-order valence-corrected chi connectivity index (χ2v) is 2.41. The fraction of sp³-hybridized carbons (Fsp3) is 1.00. The van der Waals surface area contributed by atoms with Gasteiger partial charge in [0.05, 0.1) is 0 Å². The number of rotatable bonds is 0. The first-order valence-corrected chi connectivity index (χ1v) is 4.53. The molecular weight excluding hydrogens is 116 g/mol. The van der Waals surface area contributed by atoms with Crippen LogP contribution in [0.5, 0.6) is 0 Å². The molecule has 0 saturated carbocycles. The van der Waals surface area contributed by atoms with Gasteiger partial charge in [-0.25, -0.2) is 0 Å². The van der Waals surface area contributed by atoms with Crippen molar-refractivity contribution >= 4 is 57.6 Å². The quantitative estimate of drug-likeness (QED) is 0.299. The van der Waals surface area contributed by atoms with Crippen molar-refractivity contribution in [2.75, 3.05) is 0 Å². The molecule has 0 aliphatic carbocycles. The normalized spacial score (nSPS) is 7.50. The molecular formula is CH7CaClSi. The third-order valence-corrected chi connectivity index (χ3v) is 0. The zero-order valence-corrected chi connectivity index (χ0v) is 4.26. The van der Waals surface area contributed by atoms with E-state index in [-0.39, 0.29) is 46.6 Å². The van der Waals surface area contributed by atoms with Crippen LogP contribution in [0.15, 0.2) is 0 Å². The average molecular weight is 123 g/mol. The Kier molecular flexibility index (Phi) is 20.4. The molecule has 0 aromatic carbocycles. The third-order valence-electron chi connectivity index (χ3n) is 0. The molecule has 24 valence electrons. The van der Waals surface area contributed by atoms with Crippen molar-refractivity contribution in [3.05, 3.63) is 0 Å². The minimum atomic E-state index is -0.111. The Morgan fingerprint density at radius 1 is 1.75 bits per heavy atom. The maximum atomic E-state index is 5.14. The van der Waals surface area contributed by atoms with Crippen LogP contribution in [0.2, 0.25) is 6.55 Å². The van der Waals surface area contributed by atoms with Gasteiger partial charge in [0.15, 0.2) is 0 Å². The molecule has 0 atom stereocenters. The average Bonchev–Trinajstić information content (AvgIpc) is 0.918. The van der Waals surface area contributed by atoms with Gasteiger partial charge in [0, 0.05) is 0 Å². The van der Waals surface area contributed by atoms with Crippen LogP contribution in [0, 0.1) is 0 Å². The fourth-order valence-corrected chi connectivity index (χ4v) is 0. The van der Waals surface area contributed by atoms with Crippen molar-refractivity contribution < 1.29 is 0 Å². The van der Waals surface area contributed by atoms with E-state index in [0.717, 1.165) is 0 Å². The van der Waals surface area contributed by atoms with Crippen LogP contribution < -0.4 is 0 Å². The summed E-state index contributed by atoms with van der Waals surface area (Å²) in [7, 11) is -0.111. The SMILES string of the molecule is C[SiH2]Cl.[CaH2]. The zero-order valence-electron chi connectivity index (χ0n) is 2.09. The molecule has 0 rings (SSSR count). The number of hydrogen-bond acceptors (Lipinski definition) is 0. The zero-order chi connectivity index (χ0) is 2.71. The summed E-state index contributed by atoms with van der Waals surface area (Å²) in [6.45, 7) is 2.03. The minimum absolute atomic E-state index is 0. The summed E-state index contributed by atoms with van der Waals surface area (Å²) >= 11 is 5.14. The van der Waals surface area contributed by atoms with E-state index >= 15 is 0 Å². The van der Waals surface area contributed by atoms with Gasteiger partial charge in [0.25, 0.3) is 0 Å². The van der Waals surface area contributed by atoms with Crippen LogP contribution in [0.3, 0.4) is 0 Å². The molecule has 0 N–H and O–H groups in total. The van der Waals surface area contributed by atoms with E-state index in [9.17, 15) is 0 Å². The summed E-state index contributed by atoms with van der Waals surface area (Å²) in [5, 5.41) is 0. The molecule has 0 fully saturated rings. The molecule has 0 aliphatic heterocycles. The predicted octanol–water partition coefficient (Wildman–Crippen LogP) is -0.559. The molecule has 0 aliphatic rings. The van der Waals surface area contributed by atoms with Crippen molar-refractivity contribution in [3.8, 4) is 0 Å². The Labute approximate surface area is 63.4 Å². The van der Waals surface area contributed by atoms with Crippen LogP contribution in [-0.4, -0.2) is 46.6 Å². The van der Waals surface area contributed by atoms with Crippen LogP contribution in [0.25, 0.3) is 0 Å². The van der Waals surface area contributed by atoms with Crippen molar-refractivity contribution in [1.82, 2.24) is 0 Å². The maximum absolute atomic E-state index is 5.14. The summed E-state index contributed by atoms with van der Waals surface area (Å²) in [6, 6.07) is 0. The van der Waals surface area contributed by atoms with Crippen molar-refractivity contribution in [1.29, 1.82) is 0 Å². The molecule has 4 heavy (non-hydrogen) atoms. The summed E-state index contributed by atoms with van der Waals surface area (Å²) in [5.41, 5.74) is 0. The standard InChI is InChI=1S/CH5ClSi.Ca.2H/c1-3-2;;;/h3H2,1H3;;;. The van der Waals surface area contributed by atoms with Gasteiger partial charge in [0.2, 0.25) is 0 Å². The second-order valence-electron chi connectivity index (χ2n) is 0.267. The summed E-state index contributed by atoms with van der Waals surface area (Å²) in [5.74, 6) is 0. The number of halogens is 1. The molecule has 0 aromatic heterocycles. The van der Waals surface area contributed by atoms with Gasteiger partial charge in [-0.2, -0.15) is 11.1 Å². The van der Waals surface area contributed by atoms with E-state index in [0.29, 0.717) is 0 Å². The van der Waals surface area contributed by atoms with Crippen molar-refractivity contribution in [2.24, 2.45) is 0 Å². The van der Waals surface area contributed by atoms with E-state index in [2.05, 4.69) is 0 Å². The molecule has 0 bridgehead atoms. The first-order valence-electron chi connectivity index (χ1n) is 0.974. The van der Waals surface area contributed by atoms with E-state index < -0.39 is 0 Å². The Bertz CT molecular complexity index is 8.00. The Morgan fingerprint density at radius 3 is 1.75 bits per heavy atom. The first kappa shape index (κ1) is 9.24. The van der Waals surface area contributed by atoms with Crippen molar-refractivity contribution in [2.45, 2.75) is 6.55 Å². The Hall–Kier alpha value is 1.77. The predicted molar refractivity (Wildman–Crippen MR) is 28.8 cm³/mol. The van der Waals surface area contributed by atoms with E-state index in [1.54, 1.807) is 0 Å². The molecule has 0 aromatic rings. The molecule has 3 heteroatoms. The van der Waals surface area contributed by atoms with Crippen LogP contribution in [0.4, 0.5) is 0 Å². The van der Waals surface area contributed by atoms with Crippen LogP contribution in [0.1, 0.15) is 0 Å². The first-order chi connectivity index (χ1) is 1.41. The summed E-state index contributed by atoms with van der Waals surface area (Å²) in [4.78, 5) is 0. The summed E-state index contributed by atoms with van der Waals surface area (Å²) < 4.78 is 0. The summed E-state index contributed by atoms with van der Waals surface area (Å²) in [6.07, 6.45) is 0. The van der Waals surface area contributed by atoms with Gasteiger partial charge >= 0.3 is 37.7 Å². The molecule has 0 spiro atoms. The Balaban J connectivity index is 0. The monoisotopic (exact) mass is 122 g/mol. The fourth-order valence-electron chi connectivity index (χ4n) is 0. The van der Waals surface area contributed by atoms with Gasteiger partial charge in [-0.3, -0.25) is 0 Å². The van der Waals surface area contributed by atoms with E-state index in [1.807, 2.05) is 6.55 Å². The van der Waals surface area contributed by atoms with Gasteiger partial charge in [-0.15, -0.1) is 0 Å². The van der Waals surface area contributed by atoms with Gasteiger partial charge in [-0.05, 0) is 0 Å². The topological polar surface area (TPSA) is 0 Å². The molecule has 0 heterocycles. The van der Waals surface area contributed by atoms with Gasteiger partial charge < -0.3 is 0 Å². The van der Waals surface area contributed by atoms with Gasteiger partial charge in [-0.1, -0.05) is 6.55 Å². The van der Waals surface area contributed by atoms with Crippen LogP contribution >= 0.6 is 11.1 Å². The van der Waals surface area contributed by atoms with Gasteiger partial charge in [0.1, 0.15) is 8.83 Å². The molecule has 0 radical (unpaired) electrons. The molecule has 0 saturated heterocycles. The molecule has 0 nitrogen and oxygen atoms in total. The van der Waals surface area contributed by atoms with E-state index in [1.165, 1.54) is 0 Å². The second kappa shape index (κ2) is 8.84. The third kappa shape index (κ3) is 9.24. The van der Waals surface area contributed by atoms with Crippen LogP contribution in [-0.2, 0) is 0 Å².